The summed E-state index contributed by atoms with van der Waals surface area (Å²) >= 11 is 0. The van der Waals surface area contributed by atoms with Gasteiger partial charge in [0, 0.05) is 39.3 Å². The van der Waals surface area contributed by atoms with E-state index in [1.165, 1.54) is 17.7 Å². The molecule has 0 aromatic rings. The summed E-state index contributed by atoms with van der Waals surface area (Å²) < 4.78 is 0. The van der Waals surface area contributed by atoms with Crippen LogP contribution in [0.5, 0.6) is 0 Å². The Morgan fingerprint density at radius 2 is 1.50 bits per heavy atom. The average molecular weight is 227 g/mol. The number of piperidine rings is 1. The van der Waals surface area contributed by atoms with E-state index in [9.17, 15) is 4.79 Å². The largest absolute Gasteiger partial charge is 0.465 e. The number of hydrogen-bond acceptors (Lipinski definition) is 3. The minimum absolute atomic E-state index is 0.640. The van der Waals surface area contributed by atoms with E-state index in [0.29, 0.717) is 13.1 Å². The van der Waals surface area contributed by atoms with Gasteiger partial charge in [-0.1, -0.05) is 6.92 Å². The lowest BCUT2D eigenvalue weighted by molar-refractivity contribution is -0.0709. The molecule has 0 spiro atoms. The molecule has 2 rings (SSSR count). The predicted octanol–water partition coefficient (Wildman–Crippen LogP) is 0.929. The van der Waals surface area contributed by atoms with Crippen LogP contribution in [0.2, 0.25) is 0 Å². The Bertz CT molecular complexity index is 244. The Labute approximate surface area is 96.6 Å². The molecule has 1 amide bonds. The van der Waals surface area contributed by atoms with Crippen LogP contribution in [0, 0.1) is 5.92 Å². The maximum absolute atomic E-state index is 10.8. The minimum atomic E-state index is -0.785. The van der Waals surface area contributed by atoms with Crippen LogP contribution in [0.1, 0.15) is 19.8 Å². The normalized spacial score (nSPS) is 25.9. The van der Waals surface area contributed by atoms with Crippen LogP contribution < -0.4 is 0 Å². The molecule has 0 bridgehead atoms. The number of nitrogens with zero attached hydrogens (tertiary/aromatic N) is 3. The number of hydrazine groups is 1. The molecule has 5 heteroatoms. The fraction of sp³-hybridized carbons (Fsp3) is 0.909. The Kier molecular flexibility index (Phi) is 3.66. The first-order valence-electron chi connectivity index (χ1n) is 6.14. The molecular formula is C11H21N3O2. The van der Waals surface area contributed by atoms with E-state index in [4.69, 9.17) is 5.11 Å². The van der Waals surface area contributed by atoms with Crippen molar-refractivity contribution in [1.82, 2.24) is 14.9 Å². The van der Waals surface area contributed by atoms with E-state index in [2.05, 4.69) is 16.9 Å². The zero-order valence-electron chi connectivity index (χ0n) is 9.93. The molecule has 2 aliphatic heterocycles. The molecule has 0 saturated carbocycles. The Morgan fingerprint density at radius 1 is 1.00 bits per heavy atom. The van der Waals surface area contributed by atoms with Gasteiger partial charge in [-0.3, -0.25) is 0 Å². The van der Waals surface area contributed by atoms with Crippen molar-refractivity contribution in [3.63, 3.8) is 0 Å². The molecule has 0 unspecified atom stereocenters. The van der Waals surface area contributed by atoms with Gasteiger partial charge >= 0.3 is 6.09 Å². The average Bonchev–Trinajstić information content (AvgIpc) is 2.30. The van der Waals surface area contributed by atoms with Gasteiger partial charge in [0.1, 0.15) is 0 Å². The summed E-state index contributed by atoms with van der Waals surface area (Å²) in [5.74, 6) is 0.844. The SMILES string of the molecule is CC1CCN(N2CCN(C(=O)O)CC2)CC1. The van der Waals surface area contributed by atoms with Crippen LogP contribution in [0.4, 0.5) is 4.79 Å². The van der Waals surface area contributed by atoms with Crippen LogP contribution in [0.15, 0.2) is 0 Å². The van der Waals surface area contributed by atoms with Crippen LogP contribution in [0.3, 0.4) is 0 Å². The molecule has 2 saturated heterocycles. The smallest absolute Gasteiger partial charge is 0.407 e. The lowest BCUT2D eigenvalue weighted by Crippen LogP contribution is -2.56. The standard InChI is InChI=1S/C11H21N3O2/c1-10-2-4-13(5-3-10)14-8-6-12(7-9-14)11(15)16/h10H,2-9H2,1H3,(H,15,16). The van der Waals surface area contributed by atoms with Crippen molar-refractivity contribution >= 4 is 6.09 Å². The summed E-state index contributed by atoms with van der Waals surface area (Å²) in [4.78, 5) is 12.3. The molecule has 0 aliphatic carbocycles. The highest BCUT2D eigenvalue weighted by molar-refractivity contribution is 5.65. The first-order chi connectivity index (χ1) is 7.66. The minimum Gasteiger partial charge on any atom is -0.465 e. The quantitative estimate of drug-likeness (QED) is 0.724. The van der Waals surface area contributed by atoms with Gasteiger partial charge in [-0.05, 0) is 18.8 Å². The van der Waals surface area contributed by atoms with Gasteiger partial charge < -0.3 is 10.0 Å². The van der Waals surface area contributed by atoms with Gasteiger partial charge in [0.05, 0.1) is 0 Å². The van der Waals surface area contributed by atoms with Gasteiger partial charge in [-0.25, -0.2) is 14.8 Å². The number of carbonyl (C=O) groups is 1. The molecule has 2 heterocycles. The molecule has 2 fully saturated rings. The third-order valence-electron chi connectivity index (χ3n) is 3.69. The van der Waals surface area contributed by atoms with Crippen molar-refractivity contribution in [1.29, 1.82) is 0 Å². The number of carboxylic acid groups (broad SMARTS) is 1. The molecule has 5 nitrogen and oxygen atoms in total. The number of hydrogen-bond donors (Lipinski definition) is 1. The third-order valence-corrected chi connectivity index (χ3v) is 3.69. The number of piperazine rings is 1. The Hall–Kier alpha value is -0.810. The van der Waals surface area contributed by atoms with Crippen molar-refractivity contribution in [3.05, 3.63) is 0 Å². The summed E-state index contributed by atoms with van der Waals surface area (Å²) in [7, 11) is 0. The van der Waals surface area contributed by atoms with E-state index in [0.717, 1.165) is 32.1 Å². The second-order valence-corrected chi connectivity index (χ2v) is 4.86. The highest BCUT2D eigenvalue weighted by atomic mass is 16.4. The second kappa shape index (κ2) is 5.01. The number of amides is 1. The third kappa shape index (κ3) is 2.65. The van der Waals surface area contributed by atoms with Crippen molar-refractivity contribution < 1.29 is 9.90 Å². The summed E-state index contributed by atoms with van der Waals surface area (Å²) in [5.41, 5.74) is 0. The number of rotatable bonds is 1. The van der Waals surface area contributed by atoms with Crippen molar-refractivity contribution in [2.45, 2.75) is 19.8 Å². The van der Waals surface area contributed by atoms with E-state index in [1.54, 1.807) is 0 Å². The van der Waals surface area contributed by atoms with E-state index < -0.39 is 6.09 Å². The summed E-state index contributed by atoms with van der Waals surface area (Å²) in [5, 5.41) is 13.6. The molecule has 0 atom stereocenters. The fourth-order valence-corrected chi connectivity index (χ4v) is 2.45. The second-order valence-electron chi connectivity index (χ2n) is 4.86. The van der Waals surface area contributed by atoms with E-state index in [1.807, 2.05) is 0 Å². The molecule has 0 radical (unpaired) electrons. The van der Waals surface area contributed by atoms with Crippen molar-refractivity contribution in [3.8, 4) is 0 Å². The first kappa shape index (κ1) is 11.7. The van der Waals surface area contributed by atoms with Crippen molar-refractivity contribution in [2.24, 2.45) is 5.92 Å². The van der Waals surface area contributed by atoms with Gasteiger partial charge in [-0.15, -0.1) is 0 Å². The molecule has 92 valence electrons. The van der Waals surface area contributed by atoms with Gasteiger partial charge in [0.25, 0.3) is 0 Å². The first-order valence-corrected chi connectivity index (χ1v) is 6.14. The summed E-state index contributed by atoms with van der Waals surface area (Å²) in [6, 6.07) is 0. The van der Waals surface area contributed by atoms with Crippen LogP contribution in [-0.2, 0) is 0 Å². The van der Waals surface area contributed by atoms with Gasteiger partial charge in [0.2, 0.25) is 0 Å². The highest BCUT2D eigenvalue weighted by Gasteiger charge is 2.26. The van der Waals surface area contributed by atoms with Crippen LogP contribution >= 0.6 is 0 Å². The van der Waals surface area contributed by atoms with Gasteiger partial charge in [0.15, 0.2) is 0 Å². The molecular weight excluding hydrogens is 206 g/mol. The topological polar surface area (TPSA) is 47.0 Å². The lowest BCUT2D eigenvalue weighted by atomic mass is 10.0. The van der Waals surface area contributed by atoms with Crippen molar-refractivity contribution in [2.75, 3.05) is 39.3 Å². The fourth-order valence-electron chi connectivity index (χ4n) is 2.45. The summed E-state index contributed by atoms with van der Waals surface area (Å²) in [6.45, 7) is 7.55. The van der Waals surface area contributed by atoms with Crippen LogP contribution in [-0.4, -0.2) is 65.4 Å². The maximum atomic E-state index is 10.8. The van der Waals surface area contributed by atoms with E-state index in [-0.39, 0.29) is 0 Å². The van der Waals surface area contributed by atoms with Gasteiger partial charge in [-0.2, -0.15) is 0 Å². The molecule has 1 N–H and O–H groups in total. The summed E-state index contributed by atoms with van der Waals surface area (Å²) in [6.07, 6.45) is 1.74. The molecule has 0 aromatic heterocycles. The zero-order valence-corrected chi connectivity index (χ0v) is 9.93. The molecule has 16 heavy (non-hydrogen) atoms. The Balaban J connectivity index is 1.78. The lowest BCUT2D eigenvalue weighted by Gasteiger charge is -2.43. The Morgan fingerprint density at radius 3 is 2.00 bits per heavy atom. The molecule has 2 aliphatic rings. The monoisotopic (exact) mass is 227 g/mol. The van der Waals surface area contributed by atoms with Crippen LogP contribution in [0.25, 0.3) is 0 Å². The highest BCUT2D eigenvalue weighted by Crippen LogP contribution is 2.18. The maximum Gasteiger partial charge on any atom is 0.407 e. The van der Waals surface area contributed by atoms with E-state index >= 15 is 0 Å². The zero-order chi connectivity index (χ0) is 11.5. The molecule has 0 aromatic carbocycles. The predicted molar refractivity (Wildman–Crippen MR) is 61.1 cm³/mol.